The van der Waals surface area contributed by atoms with Crippen molar-refractivity contribution in [2.75, 3.05) is 26.7 Å². The van der Waals surface area contributed by atoms with E-state index in [-0.39, 0.29) is 24.3 Å². The lowest BCUT2D eigenvalue weighted by molar-refractivity contribution is -0.147. The van der Waals surface area contributed by atoms with Crippen molar-refractivity contribution in [1.82, 2.24) is 4.90 Å². The van der Waals surface area contributed by atoms with Gasteiger partial charge in [0.2, 0.25) is 5.91 Å². The lowest BCUT2D eigenvalue weighted by Crippen LogP contribution is -2.40. The highest BCUT2D eigenvalue weighted by Gasteiger charge is 2.22. The van der Waals surface area contributed by atoms with E-state index in [4.69, 9.17) is 5.73 Å². The summed E-state index contributed by atoms with van der Waals surface area (Å²) in [6, 6.07) is 0. The largest absolute Gasteiger partial charge is 0.468 e. The van der Waals surface area contributed by atoms with E-state index in [0.29, 0.717) is 25.4 Å². The van der Waals surface area contributed by atoms with Gasteiger partial charge in [-0.25, -0.2) is 0 Å². The summed E-state index contributed by atoms with van der Waals surface area (Å²) in [6.45, 7) is 7.37. The number of methoxy groups -OCH3 is 1. The van der Waals surface area contributed by atoms with E-state index in [1.165, 1.54) is 7.11 Å². The molecule has 0 radical (unpaired) electrons. The van der Waals surface area contributed by atoms with Gasteiger partial charge in [0, 0.05) is 13.0 Å². The molecular weight excluding hydrogens is 256 g/mol. The van der Waals surface area contributed by atoms with Gasteiger partial charge in [-0.15, -0.1) is 0 Å². The molecule has 0 aromatic carbocycles. The highest BCUT2D eigenvalue weighted by atomic mass is 16.5. The molecule has 5 heteroatoms. The van der Waals surface area contributed by atoms with E-state index in [1.54, 1.807) is 4.90 Å². The average molecular weight is 286 g/mol. The second kappa shape index (κ2) is 10.7. The summed E-state index contributed by atoms with van der Waals surface area (Å²) in [7, 11) is 1.34. The number of esters is 1. The van der Waals surface area contributed by atoms with E-state index in [1.807, 2.05) is 6.92 Å². The second-order valence-corrected chi connectivity index (χ2v) is 5.25. The summed E-state index contributed by atoms with van der Waals surface area (Å²) >= 11 is 0. The predicted octanol–water partition coefficient (Wildman–Crippen LogP) is 1.80. The number of amides is 1. The number of nitrogens with zero attached hydrogens (tertiary/aromatic N) is 1. The molecule has 1 atom stereocenters. The summed E-state index contributed by atoms with van der Waals surface area (Å²) in [5, 5.41) is 0. The Morgan fingerprint density at radius 2 is 1.65 bits per heavy atom. The molecule has 0 aliphatic rings. The van der Waals surface area contributed by atoms with Gasteiger partial charge in [0.05, 0.1) is 7.11 Å². The van der Waals surface area contributed by atoms with Crippen LogP contribution in [0.5, 0.6) is 0 Å². The zero-order valence-electron chi connectivity index (χ0n) is 13.4. The smallest absolute Gasteiger partial charge is 0.325 e. The number of rotatable bonds is 10. The first-order valence-corrected chi connectivity index (χ1v) is 7.56. The van der Waals surface area contributed by atoms with Crippen LogP contribution >= 0.6 is 0 Å². The van der Waals surface area contributed by atoms with Crippen LogP contribution in [0.4, 0.5) is 0 Å². The third kappa shape index (κ3) is 6.89. The molecule has 118 valence electrons. The zero-order chi connectivity index (χ0) is 15.5. The highest BCUT2D eigenvalue weighted by Crippen LogP contribution is 2.14. The SMILES string of the molecule is CCC(CN)CC(=O)N(CC(=O)OC)CC(CC)CC. The molecule has 0 fully saturated rings. The Hall–Kier alpha value is -1.10. The van der Waals surface area contributed by atoms with E-state index in [2.05, 4.69) is 18.6 Å². The lowest BCUT2D eigenvalue weighted by Gasteiger charge is -2.27. The molecule has 0 heterocycles. The standard InChI is InChI=1S/C15H30N2O3/c1-5-12(6-2)10-17(11-15(19)20-4)14(18)8-13(7-3)9-16/h12-13H,5-11,16H2,1-4H3. The summed E-state index contributed by atoms with van der Waals surface area (Å²) in [5.74, 6) is 0.232. The van der Waals surface area contributed by atoms with Crippen molar-refractivity contribution in [2.45, 2.75) is 46.5 Å². The molecule has 0 saturated carbocycles. The van der Waals surface area contributed by atoms with E-state index in [0.717, 1.165) is 19.3 Å². The van der Waals surface area contributed by atoms with Gasteiger partial charge >= 0.3 is 5.97 Å². The van der Waals surface area contributed by atoms with Crippen molar-refractivity contribution in [3.05, 3.63) is 0 Å². The Bertz CT molecular complexity index is 287. The third-order valence-corrected chi connectivity index (χ3v) is 3.91. The maximum absolute atomic E-state index is 12.4. The number of nitrogens with two attached hydrogens (primary N) is 1. The molecule has 0 saturated heterocycles. The normalized spacial score (nSPS) is 12.3. The topological polar surface area (TPSA) is 72.6 Å². The number of carbonyl (C=O) groups excluding carboxylic acids is 2. The maximum atomic E-state index is 12.4. The molecule has 0 rings (SSSR count). The summed E-state index contributed by atoms with van der Waals surface area (Å²) in [5.41, 5.74) is 5.65. The van der Waals surface area contributed by atoms with Gasteiger partial charge < -0.3 is 15.4 Å². The van der Waals surface area contributed by atoms with Gasteiger partial charge in [-0.05, 0) is 18.4 Å². The molecule has 5 nitrogen and oxygen atoms in total. The fraction of sp³-hybridized carbons (Fsp3) is 0.867. The Kier molecular flexibility index (Phi) is 10.1. The minimum Gasteiger partial charge on any atom is -0.468 e. The van der Waals surface area contributed by atoms with Crippen molar-refractivity contribution in [3.8, 4) is 0 Å². The summed E-state index contributed by atoms with van der Waals surface area (Å²) in [4.78, 5) is 25.4. The van der Waals surface area contributed by atoms with Crippen LogP contribution < -0.4 is 5.73 Å². The molecule has 0 spiro atoms. The molecular formula is C15H30N2O3. The first-order valence-electron chi connectivity index (χ1n) is 7.56. The molecule has 20 heavy (non-hydrogen) atoms. The van der Waals surface area contributed by atoms with Crippen LogP contribution in [0.2, 0.25) is 0 Å². The predicted molar refractivity (Wildman–Crippen MR) is 80.1 cm³/mol. The van der Waals surface area contributed by atoms with Crippen molar-refractivity contribution in [3.63, 3.8) is 0 Å². The Morgan fingerprint density at radius 1 is 1.10 bits per heavy atom. The van der Waals surface area contributed by atoms with Gasteiger partial charge in [-0.2, -0.15) is 0 Å². The van der Waals surface area contributed by atoms with Crippen molar-refractivity contribution < 1.29 is 14.3 Å². The Morgan fingerprint density at radius 3 is 2.05 bits per heavy atom. The zero-order valence-corrected chi connectivity index (χ0v) is 13.4. The molecule has 0 bridgehead atoms. The van der Waals surface area contributed by atoms with Crippen LogP contribution in [0.3, 0.4) is 0 Å². The van der Waals surface area contributed by atoms with Gasteiger partial charge in [0.25, 0.3) is 0 Å². The monoisotopic (exact) mass is 286 g/mol. The van der Waals surface area contributed by atoms with Crippen LogP contribution in [0.25, 0.3) is 0 Å². The summed E-state index contributed by atoms with van der Waals surface area (Å²) < 4.78 is 4.68. The first kappa shape index (κ1) is 18.9. The van der Waals surface area contributed by atoms with Crippen LogP contribution in [0, 0.1) is 11.8 Å². The average Bonchev–Trinajstić information content (AvgIpc) is 2.48. The molecule has 0 aliphatic carbocycles. The third-order valence-electron chi connectivity index (χ3n) is 3.91. The van der Waals surface area contributed by atoms with Crippen LogP contribution in [0.15, 0.2) is 0 Å². The van der Waals surface area contributed by atoms with Gasteiger partial charge in [0.15, 0.2) is 0 Å². The molecule has 1 amide bonds. The molecule has 0 aromatic heterocycles. The first-order chi connectivity index (χ1) is 9.51. The van der Waals surface area contributed by atoms with E-state index >= 15 is 0 Å². The molecule has 0 aliphatic heterocycles. The van der Waals surface area contributed by atoms with Crippen LogP contribution in [-0.2, 0) is 14.3 Å². The fourth-order valence-electron chi connectivity index (χ4n) is 2.10. The quantitative estimate of drug-likeness (QED) is 0.622. The van der Waals surface area contributed by atoms with Crippen LogP contribution in [-0.4, -0.2) is 43.5 Å². The number of ether oxygens (including phenoxy) is 1. The Balaban J connectivity index is 4.72. The molecule has 0 aromatic rings. The van der Waals surface area contributed by atoms with E-state index < -0.39 is 0 Å². The molecule has 1 unspecified atom stereocenters. The number of hydrogen-bond donors (Lipinski definition) is 1. The van der Waals surface area contributed by atoms with Gasteiger partial charge in [0.1, 0.15) is 6.54 Å². The number of hydrogen-bond acceptors (Lipinski definition) is 4. The van der Waals surface area contributed by atoms with E-state index in [9.17, 15) is 9.59 Å². The lowest BCUT2D eigenvalue weighted by atomic mass is 10.00. The fourth-order valence-corrected chi connectivity index (χ4v) is 2.10. The minimum absolute atomic E-state index is 0.000370. The summed E-state index contributed by atoms with van der Waals surface area (Å²) in [6.07, 6.45) is 3.27. The maximum Gasteiger partial charge on any atom is 0.325 e. The number of carbonyl (C=O) groups is 2. The van der Waals surface area contributed by atoms with Gasteiger partial charge in [-0.3, -0.25) is 9.59 Å². The molecule has 2 N–H and O–H groups in total. The van der Waals surface area contributed by atoms with Crippen LogP contribution in [0.1, 0.15) is 46.5 Å². The van der Waals surface area contributed by atoms with Crippen molar-refractivity contribution in [2.24, 2.45) is 17.6 Å². The van der Waals surface area contributed by atoms with Crippen molar-refractivity contribution in [1.29, 1.82) is 0 Å². The van der Waals surface area contributed by atoms with Crippen molar-refractivity contribution >= 4 is 11.9 Å². The highest BCUT2D eigenvalue weighted by molar-refractivity contribution is 5.82. The Labute approximate surface area is 122 Å². The second-order valence-electron chi connectivity index (χ2n) is 5.25. The van der Waals surface area contributed by atoms with Gasteiger partial charge in [-0.1, -0.05) is 40.0 Å². The minimum atomic E-state index is -0.370.